The van der Waals surface area contributed by atoms with Crippen LogP contribution in [0.3, 0.4) is 0 Å². The molecule has 1 heterocycles. The fourth-order valence-electron chi connectivity index (χ4n) is 3.33. The summed E-state index contributed by atoms with van der Waals surface area (Å²) in [5.41, 5.74) is 1.65. The number of rotatable bonds is 8. The third-order valence-corrected chi connectivity index (χ3v) is 4.89. The molecule has 0 unspecified atom stereocenters. The van der Waals surface area contributed by atoms with Crippen LogP contribution in [-0.2, 0) is 16.1 Å². The third-order valence-electron chi connectivity index (χ3n) is 4.89. The highest BCUT2D eigenvalue weighted by Gasteiger charge is 2.27. The van der Waals surface area contributed by atoms with Crippen LogP contribution in [0.2, 0.25) is 0 Å². The van der Waals surface area contributed by atoms with Crippen LogP contribution in [0.25, 0.3) is 0 Å². The standard InChI is InChI=1S/C22H34N4O3/c1-4-12-24-20(27)19-9-7-8-17(15-19)16-25-22(23-5-2)26-13-10-18(11-14-26)21(28)29-6-3/h7-9,15,18H,4-6,10-14,16H2,1-3H3,(H,23,25)(H,24,27). The Kier molecular flexibility index (Phi) is 9.47. The summed E-state index contributed by atoms with van der Waals surface area (Å²) in [6, 6.07) is 7.59. The highest BCUT2D eigenvalue weighted by Crippen LogP contribution is 2.19. The molecule has 160 valence electrons. The number of hydrogen-bond donors (Lipinski definition) is 2. The van der Waals surface area contributed by atoms with Gasteiger partial charge in [-0.1, -0.05) is 19.1 Å². The molecule has 0 atom stereocenters. The second-order valence-corrected chi connectivity index (χ2v) is 7.14. The van der Waals surface area contributed by atoms with Crippen molar-refractivity contribution in [3.63, 3.8) is 0 Å². The van der Waals surface area contributed by atoms with Crippen LogP contribution in [0.5, 0.6) is 0 Å². The van der Waals surface area contributed by atoms with Crippen molar-refractivity contribution in [2.75, 3.05) is 32.8 Å². The van der Waals surface area contributed by atoms with Crippen LogP contribution >= 0.6 is 0 Å². The molecule has 7 heteroatoms. The van der Waals surface area contributed by atoms with Crippen molar-refractivity contribution in [2.24, 2.45) is 10.9 Å². The van der Waals surface area contributed by atoms with Crippen LogP contribution in [0.15, 0.2) is 29.3 Å². The Morgan fingerprint density at radius 1 is 1.17 bits per heavy atom. The lowest BCUT2D eigenvalue weighted by molar-refractivity contribution is -0.149. The van der Waals surface area contributed by atoms with E-state index in [0.717, 1.165) is 50.4 Å². The number of piperidine rings is 1. The number of nitrogens with one attached hydrogen (secondary N) is 2. The Balaban J connectivity index is 1.99. The van der Waals surface area contributed by atoms with Gasteiger partial charge in [-0.15, -0.1) is 0 Å². The van der Waals surface area contributed by atoms with Crippen LogP contribution in [0.4, 0.5) is 0 Å². The zero-order valence-corrected chi connectivity index (χ0v) is 17.9. The number of guanidine groups is 1. The van der Waals surface area contributed by atoms with Crippen LogP contribution in [-0.4, -0.2) is 55.5 Å². The highest BCUT2D eigenvalue weighted by molar-refractivity contribution is 5.94. The molecule has 0 aromatic heterocycles. The first-order chi connectivity index (χ1) is 14.1. The summed E-state index contributed by atoms with van der Waals surface area (Å²) in [4.78, 5) is 31.1. The maximum absolute atomic E-state index is 12.2. The average Bonchev–Trinajstić information content (AvgIpc) is 2.75. The number of benzene rings is 1. The number of aliphatic imine (C=N–C) groups is 1. The molecule has 0 spiro atoms. The molecule has 0 aliphatic carbocycles. The zero-order valence-electron chi connectivity index (χ0n) is 17.9. The zero-order chi connectivity index (χ0) is 21.1. The van der Waals surface area contributed by atoms with E-state index in [0.29, 0.717) is 25.3 Å². The molecule has 29 heavy (non-hydrogen) atoms. The smallest absolute Gasteiger partial charge is 0.309 e. The van der Waals surface area contributed by atoms with E-state index >= 15 is 0 Å². The van der Waals surface area contributed by atoms with Gasteiger partial charge in [0.05, 0.1) is 19.1 Å². The number of esters is 1. The van der Waals surface area contributed by atoms with Gasteiger partial charge in [-0.3, -0.25) is 9.59 Å². The van der Waals surface area contributed by atoms with E-state index in [2.05, 4.69) is 15.5 Å². The number of carbonyl (C=O) groups excluding carboxylic acids is 2. The van der Waals surface area contributed by atoms with Crippen LogP contribution in [0.1, 0.15) is 56.0 Å². The molecule has 1 saturated heterocycles. The van der Waals surface area contributed by atoms with E-state index in [1.165, 1.54) is 0 Å². The molecule has 0 saturated carbocycles. The van der Waals surface area contributed by atoms with E-state index in [9.17, 15) is 9.59 Å². The van der Waals surface area contributed by atoms with Gasteiger partial charge in [0.15, 0.2) is 5.96 Å². The van der Waals surface area contributed by atoms with Gasteiger partial charge in [0, 0.05) is 31.7 Å². The minimum Gasteiger partial charge on any atom is -0.466 e. The van der Waals surface area contributed by atoms with Crippen LogP contribution in [0, 0.1) is 5.92 Å². The first-order valence-corrected chi connectivity index (χ1v) is 10.7. The normalized spacial score (nSPS) is 15.1. The molecule has 2 N–H and O–H groups in total. The van der Waals surface area contributed by atoms with Crippen molar-refractivity contribution in [3.8, 4) is 0 Å². The van der Waals surface area contributed by atoms with Gasteiger partial charge in [0.1, 0.15) is 0 Å². The van der Waals surface area contributed by atoms with Crippen molar-refractivity contribution in [3.05, 3.63) is 35.4 Å². The molecule has 1 amide bonds. The summed E-state index contributed by atoms with van der Waals surface area (Å²) in [6.45, 7) is 9.83. The maximum Gasteiger partial charge on any atom is 0.309 e. The molecule has 0 bridgehead atoms. The summed E-state index contributed by atoms with van der Waals surface area (Å²) >= 11 is 0. The summed E-state index contributed by atoms with van der Waals surface area (Å²) in [6.07, 6.45) is 2.46. The average molecular weight is 403 g/mol. The summed E-state index contributed by atoms with van der Waals surface area (Å²) < 4.78 is 5.15. The molecular weight excluding hydrogens is 368 g/mol. The van der Waals surface area contributed by atoms with Crippen molar-refractivity contribution in [1.82, 2.24) is 15.5 Å². The number of likely N-dealkylation sites (tertiary alicyclic amines) is 1. The Morgan fingerprint density at radius 3 is 2.59 bits per heavy atom. The number of nitrogens with zero attached hydrogens (tertiary/aromatic N) is 2. The van der Waals surface area contributed by atoms with Gasteiger partial charge in [-0.2, -0.15) is 0 Å². The first-order valence-electron chi connectivity index (χ1n) is 10.7. The molecular formula is C22H34N4O3. The molecule has 1 aliphatic heterocycles. The molecule has 1 aliphatic rings. The Morgan fingerprint density at radius 2 is 1.93 bits per heavy atom. The quantitative estimate of drug-likeness (QED) is 0.397. The topological polar surface area (TPSA) is 83.0 Å². The number of amides is 1. The lowest BCUT2D eigenvalue weighted by Gasteiger charge is -2.33. The van der Waals surface area contributed by atoms with E-state index in [1.807, 2.05) is 45.0 Å². The van der Waals surface area contributed by atoms with Gasteiger partial charge in [-0.25, -0.2) is 4.99 Å². The predicted molar refractivity (Wildman–Crippen MR) is 115 cm³/mol. The summed E-state index contributed by atoms with van der Waals surface area (Å²) in [5.74, 6) is 0.681. The Hall–Kier alpha value is -2.57. The Labute approximate surface area is 173 Å². The second-order valence-electron chi connectivity index (χ2n) is 7.14. The minimum atomic E-state index is -0.0905. The number of ether oxygens (including phenoxy) is 1. The molecule has 7 nitrogen and oxygen atoms in total. The number of hydrogen-bond acceptors (Lipinski definition) is 4. The predicted octanol–water partition coefficient (Wildman–Crippen LogP) is 2.57. The van der Waals surface area contributed by atoms with Gasteiger partial charge < -0.3 is 20.3 Å². The van der Waals surface area contributed by atoms with Crippen LogP contribution < -0.4 is 10.6 Å². The minimum absolute atomic E-state index is 0.0209. The monoisotopic (exact) mass is 402 g/mol. The fourth-order valence-corrected chi connectivity index (χ4v) is 3.33. The van der Waals surface area contributed by atoms with E-state index in [-0.39, 0.29) is 17.8 Å². The lowest BCUT2D eigenvalue weighted by atomic mass is 9.97. The molecule has 0 radical (unpaired) electrons. The maximum atomic E-state index is 12.2. The van der Waals surface area contributed by atoms with Gasteiger partial charge in [0.2, 0.25) is 0 Å². The van der Waals surface area contributed by atoms with Crippen molar-refractivity contribution in [1.29, 1.82) is 0 Å². The van der Waals surface area contributed by atoms with Gasteiger partial charge in [0.25, 0.3) is 5.91 Å². The largest absolute Gasteiger partial charge is 0.466 e. The number of carbonyl (C=O) groups is 2. The van der Waals surface area contributed by atoms with Gasteiger partial charge >= 0.3 is 5.97 Å². The highest BCUT2D eigenvalue weighted by atomic mass is 16.5. The lowest BCUT2D eigenvalue weighted by Crippen LogP contribution is -2.46. The summed E-state index contributed by atoms with van der Waals surface area (Å²) in [7, 11) is 0. The molecule has 2 rings (SSSR count). The summed E-state index contributed by atoms with van der Waals surface area (Å²) in [5, 5.41) is 6.24. The van der Waals surface area contributed by atoms with Crippen molar-refractivity contribution >= 4 is 17.8 Å². The SMILES string of the molecule is CCCNC(=O)c1cccc(CN=C(NCC)N2CCC(C(=O)OCC)CC2)c1. The molecule has 1 fully saturated rings. The van der Waals surface area contributed by atoms with E-state index in [1.54, 1.807) is 0 Å². The van der Waals surface area contributed by atoms with Gasteiger partial charge in [-0.05, 0) is 50.8 Å². The second kappa shape index (κ2) is 12.1. The van der Waals surface area contributed by atoms with E-state index < -0.39 is 0 Å². The fraction of sp³-hybridized carbons (Fsp3) is 0.591. The third kappa shape index (κ3) is 7.07. The van der Waals surface area contributed by atoms with Crippen molar-refractivity contribution < 1.29 is 14.3 Å². The Bertz CT molecular complexity index is 697. The molecule has 1 aromatic carbocycles. The van der Waals surface area contributed by atoms with Crippen molar-refractivity contribution in [2.45, 2.75) is 46.6 Å². The van der Waals surface area contributed by atoms with E-state index in [4.69, 9.17) is 9.73 Å². The first kappa shape index (κ1) is 22.7. The molecule has 1 aromatic rings.